The molecular formula is C15H17NO4. The fraction of sp³-hybridized carbons (Fsp3) is 0.267. The maximum Gasteiger partial charge on any atom is 0.137 e. The Balaban J connectivity index is 2.39. The fourth-order valence-electron chi connectivity index (χ4n) is 1.92. The minimum atomic E-state index is -0.849. The van der Waals surface area contributed by atoms with Crippen molar-refractivity contribution in [2.24, 2.45) is 0 Å². The number of aromatic nitrogens is 1. The van der Waals surface area contributed by atoms with E-state index in [-0.39, 0.29) is 0 Å². The van der Waals surface area contributed by atoms with Crippen LogP contribution in [-0.2, 0) is 0 Å². The summed E-state index contributed by atoms with van der Waals surface area (Å²) >= 11 is 0. The van der Waals surface area contributed by atoms with Crippen molar-refractivity contribution < 1.29 is 19.3 Å². The van der Waals surface area contributed by atoms with Crippen molar-refractivity contribution >= 4 is 0 Å². The molecule has 0 saturated heterocycles. The van der Waals surface area contributed by atoms with E-state index in [1.807, 2.05) is 0 Å². The molecule has 2 aromatic rings. The van der Waals surface area contributed by atoms with E-state index < -0.39 is 6.10 Å². The average molecular weight is 275 g/mol. The Morgan fingerprint density at radius 1 is 0.950 bits per heavy atom. The van der Waals surface area contributed by atoms with Crippen LogP contribution in [0.4, 0.5) is 0 Å². The first-order valence-electron chi connectivity index (χ1n) is 6.08. The van der Waals surface area contributed by atoms with Gasteiger partial charge in [-0.05, 0) is 18.2 Å². The summed E-state index contributed by atoms with van der Waals surface area (Å²) < 4.78 is 15.5. The Bertz CT molecular complexity index is 586. The summed E-state index contributed by atoms with van der Waals surface area (Å²) in [5, 5.41) is 10.5. The van der Waals surface area contributed by atoms with Gasteiger partial charge in [0.15, 0.2) is 0 Å². The summed E-state index contributed by atoms with van der Waals surface area (Å²) in [6.07, 6.45) is 2.33. The summed E-state index contributed by atoms with van der Waals surface area (Å²) in [4.78, 5) is 4.04. The van der Waals surface area contributed by atoms with Gasteiger partial charge in [0.1, 0.15) is 23.4 Å². The second kappa shape index (κ2) is 6.25. The highest BCUT2D eigenvalue weighted by molar-refractivity contribution is 5.45. The number of hydrogen-bond acceptors (Lipinski definition) is 5. The quantitative estimate of drug-likeness (QED) is 0.906. The molecule has 5 heteroatoms. The van der Waals surface area contributed by atoms with Gasteiger partial charge in [-0.15, -0.1) is 0 Å². The first kappa shape index (κ1) is 14.1. The highest BCUT2D eigenvalue weighted by atomic mass is 16.5. The smallest absolute Gasteiger partial charge is 0.137 e. The number of nitrogens with zero attached hydrogens (tertiary/aromatic N) is 1. The molecule has 0 amide bonds. The molecule has 1 aromatic heterocycles. The monoisotopic (exact) mass is 275 g/mol. The van der Waals surface area contributed by atoms with Crippen LogP contribution < -0.4 is 14.2 Å². The van der Waals surface area contributed by atoms with Crippen LogP contribution in [0.15, 0.2) is 36.7 Å². The number of pyridine rings is 1. The maximum absolute atomic E-state index is 10.5. The molecule has 1 atom stereocenters. The van der Waals surface area contributed by atoms with Crippen LogP contribution in [0.25, 0.3) is 0 Å². The molecule has 1 heterocycles. The fourth-order valence-corrected chi connectivity index (χ4v) is 1.92. The van der Waals surface area contributed by atoms with Gasteiger partial charge >= 0.3 is 0 Å². The van der Waals surface area contributed by atoms with E-state index in [1.165, 1.54) is 0 Å². The normalized spacial score (nSPS) is 11.8. The molecule has 0 radical (unpaired) electrons. The van der Waals surface area contributed by atoms with E-state index in [0.717, 1.165) is 0 Å². The third-order valence-corrected chi connectivity index (χ3v) is 3.02. The van der Waals surface area contributed by atoms with Crippen LogP contribution >= 0.6 is 0 Å². The van der Waals surface area contributed by atoms with E-state index in [1.54, 1.807) is 58.0 Å². The van der Waals surface area contributed by atoms with Crippen molar-refractivity contribution in [3.63, 3.8) is 0 Å². The number of rotatable bonds is 5. The van der Waals surface area contributed by atoms with Gasteiger partial charge in [0, 0.05) is 23.4 Å². The molecule has 1 unspecified atom stereocenters. The SMILES string of the molecule is COc1cncc(C(O)c2ccc(OC)cc2OC)c1. The third-order valence-electron chi connectivity index (χ3n) is 3.02. The van der Waals surface area contributed by atoms with Crippen LogP contribution in [0.3, 0.4) is 0 Å². The van der Waals surface area contributed by atoms with Crippen molar-refractivity contribution in [1.82, 2.24) is 4.98 Å². The molecule has 2 rings (SSSR count). The minimum absolute atomic E-state index is 0.555. The summed E-state index contributed by atoms with van der Waals surface area (Å²) in [5.41, 5.74) is 1.27. The molecule has 0 spiro atoms. The standard InChI is InChI=1S/C15H17NO4/c1-18-11-4-5-13(14(7-11)20-3)15(17)10-6-12(19-2)9-16-8-10/h4-9,15,17H,1-3H3. The highest BCUT2D eigenvalue weighted by Gasteiger charge is 2.17. The number of hydrogen-bond donors (Lipinski definition) is 1. The minimum Gasteiger partial charge on any atom is -0.497 e. The Labute approximate surface area is 117 Å². The van der Waals surface area contributed by atoms with Crippen molar-refractivity contribution in [2.45, 2.75) is 6.10 Å². The first-order chi connectivity index (χ1) is 9.69. The predicted octanol–water partition coefficient (Wildman–Crippen LogP) is 2.19. The first-order valence-corrected chi connectivity index (χ1v) is 6.08. The van der Waals surface area contributed by atoms with Crippen LogP contribution in [-0.4, -0.2) is 31.4 Å². The largest absolute Gasteiger partial charge is 0.497 e. The molecule has 0 aliphatic rings. The molecule has 20 heavy (non-hydrogen) atoms. The van der Waals surface area contributed by atoms with Crippen molar-refractivity contribution in [3.8, 4) is 17.2 Å². The van der Waals surface area contributed by atoms with E-state index >= 15 is 0 Å². The molecule has 0 fully saturated rings. The van der Waals surface area contributed by atoms with Crippen LogP contribution in [0.1, 0.15) is 17.2 Å². The highest BCUT2D eigenvalue weighted by Crippen LogP contribution is 2.33. The van der Waals surface area contributed by atoms with Crippen LogP contribution in [0.5, 0.6) is 17.2 Å². The van der Waals surface area contributed by atoms with E-state index in [4.69, 9.17) is 14.2 Å². The van der Waals surface area contributed by atoms with Gasteiger partial charge in [-0.2, -0.15) is 0 Å². The number of aliphatic hydroxyl groups excluding tert-OH is 1. The molecular weight excluding hydrogens is 258 g/mol. The number of methoxy groups -OCH3 is 3. The Morgan fingerprint density at radius 2 is 1.70 bits per heavy atom. The number of ether oxygens (including phenoxy) is 3. The molecule has 0 aliphatic heterocycles. The zero-order valence-corrected chi connectivity index (χ0v) is 11.7. The molecule has 0 aliphatic carbocycles. The molecule has 5 nitrogen and oxygen atoms in total. The van der Waals surface area contributed by atoms with E-state index in [0.29, 0.717) is 28.4 Å². The Kier molecular flexibility index (Phi) is 4.42. The van der Waals surface area contributed by atoms with Gasteiger partial charge < -0.3 is 19.3 Å². The van der Waals surface area contributed by atoms with Crippen molar-refractivity contribution in [2.75, 3.05) is 21.3 Å². The summed E-state index contributed by atoms with van der Waals surface area (Å²) in [6.45, 7) is 0. The lowest BCUT2D eigenvalue weighted by Crippen LogP contribution is -2.03. The van der Waals surface area contributed by atoms with Gasteiger partial charge in [-0.25, -0.2) is 0 Å². The predicted molar refractivity (Wildman–Crippen MR) is 74.4 cm³/mol. The second-order valence-corrected chi connectivity index (χ2v) is 4.17. The van der Waals surface area contributed by atoms with Gasteiger partial charge in [0.05, 0.1) is 27.5 Å². The number of benzene rings is 1. The van der Waals surface area contributed by atoms with Gasteiger partial charge in [0.25, 0.3) is 0 Å². The molecule has 1 N–H and O–H groups in total. The lowest BCUT2D eigenvalue weighted by Gasteiger charge is -2.16. The van der Waals surface area contributed by atoms with Crippen LogP contribution in [0.2, 0.25) is 0 Å². The Morgan fingerprint density at radius 3 is 2.35 bits per heavy atom. The molecule has 1 aromatic carbocycles. The lowest BCUT2D eigenvalue weighted by atomic mass is 10.0. The van der Waals surface area contributed by atoms with E-state index in [9.17, 15) is 5.11 Å². The van der Waals surface area contributed by atoms with E-state index in [2.05, 4.69) is 4.98 Å². The topological polar surface area (TPSA) is 60.8 Å². The lowest BCUT2D eigenvalue weighted by molar-refractivity contribution is 0.213. The Hall–Kier alpha value is -2.27. The zero-order chi connectivity index (χ0) is 14.5. The van der Waals surface area contributed by atoms with Gasteiger partial charge in [-0.1, -0.05) is 0 Å². The molecule has 0 saturated carbocycles. The average Bonchev–Trinajstić information content (AvgIpc) is 2.53. The third kappa shape index (κ3) is 2.83. The molecule has 106 valence electrons. The van der Waals surface area contributed by atoms with Crippen LogP contribution in [0, 0.1) is 0 Å². The maximum atomic E-state index is 10.5. The van der Waals surface area contributed by atoms with Crippen molar-refractivity contribution in [3.05, 3.63) is 47.8 Å². The second-order valence-electron chi connectivity index (χ2n) is 4.17. The number of aliphatic hydroxyl groups is 1. The van der Waals surface area contributed by atoms with Crippen molar-refractivity contribution in [1.29, 1.82) is 0 Å². The summed E-state index contributed by atoms with van der Waals surface area (Å²) in [6, 6.07) is 7.00. The van der Waals surface area contributed by atoms with Gasteiger partial charge in [-0.3, -0.25) is 4.98 Å². The molecule has 0 bridgehead atoms. The zero-order valence-electron chi connectivity index (χ0n) is 11.7. The summed E-state index contributed by atoms with van der Waals surface area (Å²) in [7, 11) is 4.69. The van der Waals surface area contributed by atoms with Gasteiger partial charge in [0.2, 0.25) is 0 Å². The summed E-state index contributed by atoms with van der Waals surface area (Å²) in [5.74, 6) is 1.82.